The number of benzene rings is 2. The Balaban J connectivity index is 1.42. The molecular formula is C24H31NO4. The van der Waals surface area contributed by atoms with Gasteiger partial charge < -0.3 is 14.2 Å². The Morgan fingerprint density at radius 2 is 1.69 bits per heavy atom. The molecule has 0 aliphatic carbocycles. The first-order valence-electron chi connectivity index (χ1n) is 10.5. The summed E-state index contributed by atoms with van der Waals surface area (Å²) in [5.41, 5.74) is 1.21. The van der Waals surface area contributed by atoms with Crippen LogP contribution in [0.1, 0.15) is 38.2 Å². The summed E-state index contributed by atoms with van der Waals surface area (Å²) in [7, 11) is 0. The van der Waals surface area contributed by atoms with Gasteiger partial charge in [-0.05, 0) is 82.6 Å². The fraction of sp³-hybridized carbons (Fsp3) is 0.458. The predicted molar refractivity (Wildman–Crippen MR) is 114 cm³/mol. The van der Waals surface area contributed by atoms with Crippen LogP contribution < -0.4 is 9.47 Å². The van der Waals surface area contributed by atoms with Gasteiger partial charge in [0.25, 0.3) is 0 Å². The van der Waals surface area contributed by atoms with Crippen molar-refractivity contribution in [3.8, 4) is 17.2 Å². The standard InChI is InChI=1S/C24H31NO4/c1-3-27-24(26)7-5-17-25-16-4-6-20(25)18-28-21-12-14-23(15-13-21)29-22-10-8-19(2)9-11-22/h8-15,20H,3-7,16-18H2,1-2H3. The van der Waals surface area contributed by atoms with Gasteiger partial charge in [-0.25, -0.2) is 0 Å². The summed E-state index contributed by atoms with van der Waals surface area (Å²) in [6, 6.07) is 16.2. The van der Waals surface area contributed by atoms with Crippen LogP contribution >= 0.6 is 0 Å². The molecule has 1 fully saturated rings. The van der Waals surface area contributed by atoms with Gasteiger partial charge in [-0.2, -0.15) is 0 Å². The van der Waals surface area contributed by atoms with Crippen molar-refractivity contribution in [1.29, 1.82) is 0 Å². The highest BCUT2D eigenvalue weighted by atomic mass is 16.5. The molecule has 0 bridgehead atoms. The maximum atomic E-state index is 11.5. The normalized spacial score (nSPS) is 16.6. The molecule has 1 atom stereocenters. The van der Waals surface area contributed by atoms with E-state index in [-0.39, 0.29) is 5.97 Å². The Morgan fingerprint density at radius 3 is 2.38 bits per heavy atom. The minimum Gasteiger partial charge on any atom is -0.492 e. The number of carbonyl (C=O) groups excluding carboxylic acids is 1. The fourth-order valence-electron chi connectivity index (χ4n) is 3.58. The van der Waals surface area contributed by atoms with Crippen LogP contribution in [0.25, 0.3) is 0 Å². The molecule has 1 heterocycles. The molecule has 1 aliphatic rings. The van der Waals surface area contributed by atoms with Crippen molar-refractivity contribution in [3.63, 3.8) is 0 Å². The molecule has 5 nitrogen and oxygen atoms in total. The molecular weight excluding hydrogens is 366 g/mol. The molecule has 1 saturated heterocycles. The van der Waals surface area contributed by atoms with Crippen LogP contribution in [0.2, 0.25) is 0 Å². The highest BCUT2D eigenvalue weighted by molar-refractivity contribution is 5.69. The number of hydrogen-bond acceptors (Lipinski definition) is 5. The van der Waals surface area contributed by atoms with Crippen LogP contribution in [0.4, 0.5) is 0 Å². The van der Waals surface area contributed by atoms with Gasteiger partial charge in [0, 0.05) is 12.5 Å². The van der Waals surface area contributed by atoms with Crippen molar-refractivity contribution in [2.45, 2.75) is 45.6 Å². The first-order chi connectivity index (χ1) is 14.1. The van der Waals surface area contributed by atoms with E-state index in [9.17, 15) is 4.79 Å². The third-order valence-electron chi connectivity index (χ3n) is 5.15. The lowest BCUT2D eigenvalue weighted by atomic mass is 10.2. The zero-order valence-electron chi connectivity index (χ0n) is 17.4. The van der Waals surface area contributed by atoms with E-state index in [1.165, 1.54) is 12.0 Å². The second-order valence-electron chi connectivity index (χ2n) is 7.44. The molecule has 29 heavy (non-hydrogen) atoms. The maximum Gasteiger partial charge on any atom is 0.305 e. The van der Waals surface area contributed by atoms with Crippen LogP contribution in [0, 0.1) is 6.92 Å². The second kappa shape index (κ2) is 10.9. The average Bonchev–Trinajstić information content (AvgIpc) is 3.17. The van der Waals surface area contributed by atoms with Gasteiger partial charge in [-0.3, -0.25) is 9.69 Å². The molecule has 5 heteroatoms. The maximum absolute atomic E-state index is 11.5. The van der Waals surface area contributed by atoms with Gasteiger partial charge in [0.1, 0.15) is 23.9 Å². The minimum atomic E-state index is -0.104. The van der Waals surface area contributed by atoms with Crippen LogP contribution in [0.5, 0.6) is 17.2 Å². The van der Waals surface area contributed by atoms with Crippen molar-refractivity contribution in [2.75, 3.05) is 26.3 Å². The van der Waals surface area contributed by atoms with E-state index in [0.717, 1.165) is 43.2 Å². The molecule has 0 radical (unpaired) electrons. The number of nitrogens with zero attached hydrogens (tertiary/aromatic N) is 1. The molecule has 0 spiro atoms. The van der Waals surface area contributed by atoms with Crippen molar-refractivity contribution in [2.24, 2.45) is 0 Å². The monoisotopic (exact) mass is 397 g/mol. The lowest BCUT2D eigenvalue weighted by Crippen LogP contribution is -2.35. The van der Waals surface area contributed by atoms with E-state index in [4.69, 9.17) is 14.2 Å². The van der Waals surface area contributed by atoms with Crippen molar-refractivity contribution >= 4 is 5.97 Å². The summed E-state index contributed by atoms with van der Waals surface area (Å²) in [6.45, 7) is 7.00. The summed E-state index contributed by atoms with van der Waals surface area (Å²) in [4.78, 5) is 13.9. The molecule has 0 N–H and O–H groups in total. The summed E-state index contributed by atoms with van der Waals surface area (Å²) < 4.78 is 16.9. The molecule has 0 aromatic heterocycles. The summed E-state index contributed by atoms with van der Waals surface area (Å²) in [5, 5.41) is 0. The number of likely N-dealkylation sites (tertiary alicyclic amines) is 1. The molecule has 1 aliphatic heterocycles. The topological polar surface area (TPSA) is 48.0 Å². The number of aryl methyl sites for hydroxylation is 1. The van der Waals surface area contributed by atoms with Crippen molar-refractivity contribution in [3.05, 3.63) is 54.1 Å². The lowest BCUT2D eigenvalue weighted by molar-refractivity contribution is -0.143. The summed E-state index contributed by atoms with van der Waals surface area (Å²) in [6.07, 6.45) is 3.63. The minimum absolute atomic E-state index is 0.104. The highest BCUT2D eigenvalue weighted by Crippen LogP contribution is 2.25. The van der Waals surface area contributed by atoms with E-state index >= 15 is 0 Å². The van der Waals surface area contributed by atoms with Gasteiger partial charge in [0.05, 0.1) is 6.61 Å². The van der Waals surface area contributed by atoms with Crippen molar-refractivity contribution in [1.82, 2.24) is 4.90 Å². The number of rotatable bonds is 10. The fourth-order valence-corrected chi connectivity index (χ4v) is 3.58. The molecule has 3 rings (SSSR count). The van der Waals surface area contributed by atoms with Gasteiger partial charge in [-0.15, -0.1) is 0 Å². The van der Waals surface area contributed by atoms with E-state index in [1.54, 1.807) is 0 Å². The molecule has 2 aromatic rings. The third kappa shape index (κ3) is 6.79. The number of esters is 1. The van der Waals surface area contributed by atoms with E-state index < -0.39 is 0 Å². The Labute approximate surface area is 173 Å². The number of hydrogen-bond donors (Lipinski definition) is 0. The smallest absolute Gasteiger partial charge is 0.305 e. The van der Waals surface area contributed by atoms with E-state index in [2.05, 4.69) is 11.8 Å². The van der Waals surface area contributed by atoms with Crippen LogP contribution in [0.15, 0.2) is 48.5 Å². The zero-order chi connectivity index (χ0) is 20.5. The molecule has 1 unspecified atom stereocenters. The lowest BCUT2D eigenvalue weighted by Gasteiger charge is -2.24. The van der Waals surface area contributed by atoms with Crippen molar-refractivity contribution < 1.29 is 19.0 Å². The summed E-state index contributed by atoms with van der Waals surface area (Å²) >= 11 is 0. The Hall–Kier alpha value is -2.53. The Morgan fingerprint density at radius 1 is 1.03 bits per heavy atom. The van der Waals surface area contributed by atoms with Gasteiger partial charge >= 0.3 is 5.97 Å². The number of carbonyl (C=O) groups is 1. The quantitative estimate of drug-likeness (QED) is 0.530. The van der Waals surface area contributed by atoms with Crippen LogP contribution in [-0.2, 0) is 9.53 Å². The number of ether oxygens (including phenoxy) is 3. The molecule has 156 valence electrons. The van der Waals surface area contributed by atoms with Gasteiger partial charge in [-0.1, -0.05) is 17.7 Å². The SMILES string of the molecule is CCOC(=O)CCCN1CCCC1COc1ccc(Oc2ccc(C)cc2)cc1. The second-order valence-corrected chi connectivity index (χ2v) is 7.44. The zero-order valence-corrected chi connectivity index (χ0v) is 17.4. The van der Waals surface area contributed by atoms with Crippen LogP contribution in [-0.4, -0.2) is 43.2 Å². The van der Waals surface area contributed by atoms with E-state index in [0.29, 0.717) is 25.7 Å². The first-order valence-corrected chi connectivity index (χ1v) is 10.5. The Kier molecular flexibility index (Phi) is 7.94. The van der Waals surface area contributed by atoms with Gasteiger partial charge in [0.15, 0.2) is 0 Å². The van der Waals surface area contributed by atoms with E-state index in [1.807, 2.05) is 55.5 Å². The molecule has 0 amide bonds. The molecule has 2 aromatic carbocycles. The third-order valence-corrected chi connectivity index (χ3v) is 5.15. The molecule has 0 saturated carbocycles. The van der Waals surface area contributed by atoms with Crippen LogP contribution in [0.3, 0.4) is 0 Å². The predicted octanol–water partition coefficient (Wildman–Crippen LogP) is 4.97. The summed E-state index contributed by atoms with van der Waals surface area (Å²) in [5.74, 6) is 2.36. The largest absolute Gasteiger partial charge is 0.492 e. The Bertz CT molecular complexity index is 757. The van der Waals surface area contributed by atoms with Gasteiger partial charge in [0.2, 0.25) is 0 Å². The highest BCUT2D eigenvalue weighted by Gasteiger charge is 2.24. The average molecular weight is 398 g/mol. The first kappa shape index (κ1) is 21.2.